The van der Waals surface area contributed by atoms with Crippen molar-refractivity contribution in [2.75, 3.05) is 6.61 Å². The molecule has 1 saturated heterocycles. The summed E-state index contributed by atoms with van der Waals surface area (Å²) in [6.45, 7) is 14.3. The number of amides is 1. The lowest BCUT2D eigenvalue weighted by Gasteiger charge is -2.67. The summed E-state index contributed by atoms with van der Waals surface area (Å²) in [6, 6.07) is 15.0. The molecule has 0 radical (unpaired) electrons. The Morgan fingerprint density at radius 3 is 2.12 bits per heavy atom. The molecule has 14 heteroatoms. The molecule has 0 aromatic heterocycles. The summed E-state index contributed by atoms with van der Waals surface area (Å²) in [5.74, 6) is -5.57. The Bertz CT molecular complexity index is 1970. The molecule has 1 unspecified atom stereocenters. The molecular formula is C44H55NO13. The second kappa shape index (κ2) is 15.2. The summed E-state index contributed by atoms with van der Waals surface area (Å²) in [5.41, 5.74) is -6.56. The van der Waals surface area contributed by atoms with Gasteiger partial charge in [-0.05, 0) is 63.5 Å². The summed E-state index contributed by atoms with van der Waals surface area (Å²) < 4.78 is 29.9. The number of aliphatic hydroxyl groups is 3. The van der Waals surface area contributed by atoms with E-state index in [0.717, 1.165) is 0 Å². The minimum absolute atomic E-state index is 0.0734. The SMILES string of the molecule is CC(=O)O[C@@]12CO[C@@H]1C[C@H](O)[C@@]1(C)C(=O)[C@H](C)C3=C(C)[C@@H](OC(=O)[C@H](O)C(NC(=O)OC(C)(C)C)c4ccccc4)C[C@@](O)([C@@H](OC(=O)c4ccccc4)[C@H]21)C3(C)C. The van der Waals surface area contributed by atoms with Crippen molar-refractivity contribution in [1.29, 1.82) is 0 Å². The molecule has 6 rings (SSSR count). The Kier molecular flexibility index (Phi) is 11.3. The third-order valence-corrected chi connectivity index (χ3v) is 12.9. The number of carbonyl (C=O) groups is 5. The van der Waals surface area contributed by atoms with Crippen LogP contribution in [-0.2, 0) is 38.1 Å². The Labute approximate surface area is 338 Å². The average molecular weight is 806 g/mol. The number of alkyl carbamates (subject to hydrolysis) is 1. The monoisotopic (exact) mass is 805 g/mol. The van der Waals surface area contributed by atoms with E-state index in [1.54, 1.807) is 104 Å². The zero-order chi connectivity index (χ0) is 42.7. The van der Waals surface area contributed by atoms with Crippen LogP contribution in [0.3, 0.4) is 0 Å². The number of benzene rings is 2. The lowest BCUT2D eigenvalue weighted by Crippen LogP contribution is -2.81. The molecule has 4 N–H and O–H groups in total. The number of fused-ring (bicyclic) bond motifs is 5. The summed E-state index contributed by atoms with van der Waals surface area (Å²) in [7, 11) is 0. The van der Waals surface area contributed by atoms with E-state index in [0.29, 0.717) is 16.7 Å². The Morgan fingerprint density at radius 1 is 0.966 bits per heavy atom. The molecule has 1 aliphatic heterocycles. The number of aliphatic hydroxyl groups excluding tert-OH is 2. The van der Waals surface area contributed by atoms with Crippen molar-refractivity contribution in [1.82, 2.24) is 5.32 Å². The molecule has 2 bridgehead atoms. The van der Waals surface area contributed by atoms with Crippen molar-refractivity contribution in [2.45, 2.75) is 129 Å². The normalized spacial score (nSPS) is 33.7. The number of hydrogen-bond donors (Lipinski definition) is 4. The average Bonchev–Trinajstić information content (AvgIpc) is 3.14. The van der Waals surface area contributed by atoms with Crippen molar-refractivity contribution < 1.29 is 63.0 Å². The minimum atomic E-state index is -2.19. The van der Waals surface area contributed by atoms with Gasteiger partial charge < -0.3 is 44.3 Å². The number of hydrogen-bond acceptors (Lipinski definition) is 13. The Hall–Kier alpha value is -4.63. The first-order chi connectivity index (χ1) is 27.0. The number of carbonyl (C=O) groups excluding carboxylic acids is 5. The molecule has 2 saturated carbocycles. The fourth-order valence-corrected chi connectivity index (χ4v) is 10.1. The number of ketones is 1. The Balaban J connectivity index is 1.49. The maximum absolute atomic E-state index is 15.2. The molecule has 0 spiro atoms. The highest BCUT2D eigenvalue weighted by molar-refractivity contribution is 5.92. The third-order valence-electron chi connectivity index (χ3n) is 12.9. The molecular weight excluding hydrogens is 750 g/mol. The standard InChI is InChI=1S/C44H55NO13/c1-23-28(55-38(51)33(48)32(26-16-12-10-13-17-26)45-39(52)58-40(4,5)6)21-44(53)36(56-37(50)27-18-14-11-15-19-27)34-42(9,35(49)24(2)31(23)41(44,7)8)29(47)20-30-43(34,22-54-30)57-25(3)46/h10-19,24,28-30,32-34,36,47-48,53H,20-22H2,1-9H3,(H,45,52)/t24-,28+,29+,30-,32?,33-,34+,36+,42-,43+,44-/m1/s1. The summed E-state index contributed by atoms with van der Waals surface area (Å²) >= 11 is 0. The van der Waals surface area contributed by atoms with Gasteiger partial charge in [-0.1, -0.05) is 69.3 Å². The first kappa shape index (κ1) is 43.0. The van der Waals surface area contributed by atoms with Crippen molar-refractivity contribution in [3.8, 4) is 0 Å². The molecule has 1 heterocycles. The van der Waals surface area contributed by atoms with Crippen LogP contribution in [0.5, 0.6) is 0 Å². The third kappa shape index (κ3) is 7.11. The van der Waals surface area contributed by atoms with E-state index < -0.39 is 112 Å². The lowest BCUT2D eigenvalue weighted by atomic mass is 9.43. The van der Waals surface area contributed by atoms with Gasteiger partial charge >= 0.3 is 24.0 Å². The summed E-state index contributed by atoms with van der Waals surface area (Å²) in [5, 5.41) is 39.7. The van der Waals surface area contributed by atoms with Gasteiger partial charge in [-0.3, -0.25) is 9.59 Å². The fraction of sp³-hybridized carbons (Fsp3) is 0.568. The van der Waals surface area contributed by atoms with Crippen LogP contribution < -0.4 is 5.32 Å². The maximum atomic E-state index is 15.2. The van der Waals surface area contributed by atoms with Crippen LogP contribution in [0.25, 0.3) is 0 Å². The van der Waals surface area contributed by atoms with E-state index in [2.05, 4.69) is 5.32 Å². The van der Waals surface area contributed by atoms with Crippen molar-refractivity contribution in [2.24, 2.45) is 22.7 Å². The maximum Gasteiger partial charge on any atom is 0.408 e. The molecule has 4 aliphatic rings. The van der Waals surface area contributed by atoms with Crippen molar-refractivity contribution in [3.05, 3.63) is 82.9 Å². The van der Waals surface area contributed by atoms with Gasteiger partial charge in [-0.15, -0.1) is 0 Å². The second-order valence-electron chi connectivity index (χ2n) is 17.9. The zero-order valence-electron chi connectivity index (χ0n) is 34.4. The van der Waals surface area contributed by atoms with E-state index in [1.165, 1.54) is 19.1 Å². The summed E-state index contributed by atoms with van der Waals surface area (Å²) in [4.78, 5) is 69.3. The van der Waals surface area contributed by atoms with Gasteiger partial charge in [0.15, 0.2) is 11.7 Å². The largest absolute Gasteiger partial charge is 0.456 e. The van der Waals surface area contributed by atoms with Crippen LogP contribution >= 0.6 is 0 Å². The molecule has 2 aromatic rings. The molecule has 14 nitrogen and oxygen atoms in total. The van der Waals surface area contributed by atoms with Gasteiger partial charge in [-0.25, -0.2) is 14.4 Å². The van der Waals surface area contributed by atoms with Crippen LogP contribution in [-0.4, -0.2) is 99.0 Å². The summed E-state index contributed by atoms with van der Waals surface area (Å²) in [6.07, 6.45) is -8.64. The van der Waals surface area contributed by atoms with E-state index in [9.17, 15) is 34.5 Å². The van der Waals surface area contributed by atoms with Gasteiger partial charge in [-0.2, -0.15) is 0 Å². The second-order valence-corrected chi connectivity index (χ2v) is 17.9. The molecule has 2 aromatic carbocycles. The van der Waals surface area contributed by atoms with Crippen LogP contribution in [0, 0.1) is 22.7 Å². The van der Waals surface area contributed by atoms with E-state index >= 15 is 4.79 Å². The van der Waals surface area contributed by atoms with Gasteiger partial charge in [0.1, 0.15) is 35.3 Å². The van der Waals surface area contributed by atoms with E-state index in [4.69, 9.17) is 23.7 Å². The van der Waals surface area contributed by atoms with Gasteiger partial charge in [0.05, 0.1) is 35.6 Å². The molecule has 1 amide bonds. The molecule has 3 fully saturated rings. The predicted molar refractivity (Wildman–Crippen MR) is 207 cm³/mol. The number of Topliss-reactive ketones (excluding diaryl/α,β-unsaturated/α-hetero) is 1. The van der Waals surface area contributed by atoms with Gasteiger partial charge in [0.25, 0.3) is 0 Å². The number of esters is 3. The van der Waals surface area contributed by atoms with Crippen LogP contribution in [0.2, 0.25) is 0 Å². The quantitative estimate of drug-likeness (QED) is 0.165. The van der Waals surface area contributed by atoms with E-state index in [1.807, 2.05) is 0 Å². The fourth-order valence-electron chi connectivity index (χ4n) is 10.1. The van der Waals surface area contributed by atoms with Crippen molar-refractivity contribution >= 4 is 29.8 Å². The zero-order valence-corrected chi connectivity index (χ0v) is 34.4. The highest BCUT2D eigenvalue weighted by Crippen LogP contribution is 2.65. The van der Waals surface area contributed by atoms with Crippen molar-refractivity contribution in [3.63, 3.8) is 0 Å². The minimum Gasteiger partial charge on any atom is -0.456 e. The highest BCUT2D eigenvalue weighted by Gasteiger charge is 2.77. The number of rotatable bonds is 8. The van der Waals surface area contributed by atoms with Crippen LogP contribution in [0.1, 0.15) is 97.1 Å². The van der Waals surface area contributed by atoms with Crippen LogP contribution in [0.15, 0.2) is 71.8 Å². The predicted octanol–water partition coefficient (Wildman–Crippen LogP) is 4.53. The Morgan fingerprint density at radius 2 is 1.57 bits per heavy atom. The number of ether oxygens (including phenoxy) is 5. The lowest BCUT2D eigenvalue weighted by molar-refractivity contribution is -0.345. The number of nitrogens with one attached hydrogen (secondary N) is 1. The van der Waals surface area contributed by atoms with Gasteiger partial charge in [0.2, 0.25) is 0 Å². The smallest absolute Gasteiger partial charge is 0.408 e. The van der Waals surface area contributed by atoms with Gasteiger partial charge in [0, 0.05) is 31.1 Å². The molecule has 58 heavy (non-hydrogen) atoms. The first-order valence-corrected chi connectivity index (χ1v) is 19.7. The molecule has 314 valence electrons. The van der Waals surface area contributed by atoms with E-state index in [-0.39, 0.29) is 18.6 Å². The topological polar surface area (TPSA) is 204 Å². The first-order valence-electron chi connectivity index (χ1n) is 19.7. The van der Waals surface area contributed by atoms with Crippen LogP contribution in [0.4, 0.5) is 4.79 Å². The molecule has 11 atom stereocenters. The highest BCUT2D eigenvalue weighted by atomic mass is 16.6. The molecule has 3 aliphatic carbocycles.